The summed E-state index contributed by atoms with van der Waals surface area (Å²) in [6.45, 7) is 5.19. The van der Waals surface area contributed by atoms with E-state index in [1.165, 1.54) is 12.3 Å². The summed E-state index contributed by atoms with van der Waals surface area (Å²) >= 11 is 5.95. The van der Waals surface area contributed by atoms with Crippen molar-refractivity contribution in [2.24, 2.45) is 0 Å². The SMILES string of the molecule is CCC(C)N(C)CCNS(=O)(=O)c1cnc(NC)c(Cl)c1. The van der Waals surface area contributed by atoms with Gasteiger partial charge in [0, 0.05) is 32.4 Å². The van der Waals surface area contributed by atoms with Gasteiger partial charge in [0.05, 0.1) is 5.02 Å². The molecule has 0 aliphatic carbocycles. The van der Waals surface area contributed by atoms with E-state index in [2.05, 4.69) is 33.8 Å². The minimum atomic E-state index is -3.59. The van der Waals surface area contributed by atoms with Crippen LogP contribution in [0.3, 0.4) is 0 Å². The van der Waals surface area contributed by atoms with Crippen LogP contribution in [0.2, 0.25) is 5.02 Å². The van der Waals surface area contributed by atoms with Crippen molar-refractivity contribution in [1.29, 1.82) is 0 Å². The number of anilines is 1. The second-order valence-corrected chi connectivity index (χ2v) is 7.06. The molecule has 1 unspecified atom stereocenters. The minimum absolute atomic E-state index is 0.0673. The van der Waals surface area contributed by atoms with Crippen molar-refractivity contribution in [2.75, 3.05) is 32.5 Å². The molecular formula is C13H23ClN4O2S. The molecule has 1 aromatic rings. The number of rotatable bonds is 8. The van der Waals surface area contributed by atoms with Crippen LogP contribution in [0.15, 0.2) is 17.2 Å². The Bertz CT molecular complexity index is 565. The molecule has 21 heavy (non-hydrogen) atoms. The Morgan fingerprint density at radius 1 is 1.48 bits per heavy atom. The summed E-state index contributed by atoms with van der Waals surface area (Å²) in [6, 6.07) is 1.81. The third-order valence-electron chi connectivity index (χ3n) is 3.46. The number of pyridine rings is 1. The number of aromatic nitrogens is 1. The molecule has 0 amide bonds. The maximum absolute atomic E-state index is 12.2. The zero-order chi connectivity index (χ0) is 16.0. The van der Waals surface area contributed by atoms with E-state index in [0.29, 0.717) is 24.9 Å². The molecule has 6 nitrogen and oxygen atoms in total. The molecule has 0 bridgehead atoms. The van der Waals surface area contributed by atoms with Crippen LogP contribution < -0.4 is 10.0 Å². The molecule has 1 heterocycles. The van der Waals surface area contributed by atoms with E-state index in [4.69, 9.17) is 11.6 Å². The molecule has 2 N–H and O–H groups in total. The molecule has 0 aliphatic rings. The molecule has 1 atom stereocenters. The minimum Gasteiger partial charge on any atom is -0.372 e. The third-order valence-corrected chi connectivity index (χ3v) is 5.18. The average Bonchev–Trinajstić information content (AvgIpc) is 2.45. The maximum atomic E-state index is 12.2. The maximum Gasteiger partial charge on any atom is 0.242 e. The zero-order valence-corrected chi connectivity index (χ0v) is 14.4. The highest BCUT2D eigenvalue weighted by Crippen LogP contribution is 2.21. The summed E-state index contributed by atoms with van der Waals surface area (Å²) in [5.74, 6) is 0.451. The summed E-state index contributed by atoms with van der Waals surface area (Å²) in [4.78, 5) is 6.15. The molecule has 0 saturated carbocycles. The van der Waals surface area contributed by atoms with E-state index in [0.717, 1.165) is 6.42 Å². The summed E-state index contributed by atoms with van der Waals surface area (Å²) in [5, 5.41) is 3.06. The second-order valence-electron chi connectivity index (χ2n) is 4.89. The summed E-state index contributed by atoms with van der Waals surface area (Å²) in [6.07, 6.45) is 2.31. The Balaban J connectivity index is 2.68. The molecule has 0 fully saturated rings. The molecule has 0 aliphatic heterocycles. The van der Waals surface area contributed by atoms with Crippen molar-refractivity contribution in [3.05, 3.63) is 17.3 Å². The predicted octanol–water partition coefficient (Wildman–Crippen LogP) is 1.79. The largest absolute Gasteiger partial charge is 0.372 e. The van der Waals surface area contributed by atoms with Gasteiger partial charge in [0.25, 0.3) is 0 Å². The first-order valence-corrected chi connectivity index (χ1v) is 8.71. The molecule has 0 radical (unpaired) electrons. The van der Waals surface area contributed by atoms with Gasteiger partial charge in [0.2, 0.25) is 10.0 Å². The first kappa shape index (κ1) is 18.2. The van der Waals surface area contributed by atoms with Gasteiger partial charge in [-0.2, -0.15) is 0 Å². The van der Waals surface area contributed by atoms with E-state index < -0.39 is 10.0 Å². The van der Waals surface area contributed by atoms with Crippen LogP contribution in [0, 0.1) is 0 Å². The first-order chi connectivity index (χ1) is 9.81. The fourth-order valence-electron chi connectivity index (χ4n) is 1.72. The Morgan fingerprint density at radius 3 is 2.67 bits per heavy atom. The number of halogens is 1. The topological polar surface area (TPSA) is 74.3 Å². The molecule has 0 spiro atoms. The van der Waals surface area contributed by atoms with Gasteiger partial charge in [-0.25, -0.2) is 18.1 Å². The lowest BCUT2D eigenvalue weighted by Gasteiger charge is -2.23. The molecule has 0 saturated heterocycles. The van der Waals surface area contributed by atoms with Crippen molar-refractivity contribution in [3.63, 3.8) is 0 Å². The summed E-state index contributed by atoms with van der Waals surface area (Å²) < 4.78 is 26.9. The molecule has 0 aromatic carbocycles. The van der Waals surface area contributed by atoms with Gasteiger partial charge in [-0.15, -0.1) is 0 Å². The lowest BCUT2D eigenvalue weighted by Crippen LogP contribution is -2.37. The van der Waals surface area contributed by atoms with Crippen LogP contribution >= 0.6 is 11.6 Å². The summed E-state index contributed by atoms with van der Waals surface area (Å²) in [5.41, 5.74) is 0. The number of nitrogens with one attached hydrogen (secondary N) is 2. The molecule has 120 valence electrons. The highest BCUT2D eigenvalue weighted by molar-refractivity contribution is 7.89. The van der Waals surface area contributed by atoms with E-state index >= 15 is 0 Å². The first-order valence-electron chi connectivity index (χ1n) is 6.85. The number of hydrogen-bond donors (Lipinski definition) is 2. The van der Waals surface area contributed by atoms with Gasteiger partial charge < -0.3 is 10.2 Å². The zero-order valence-electron chi connectivity index (χ0n) is 12.9. The van der Waals surface area contributed by atoms with Gasteiger partial charge in [-0.05, 0) is 26.5 Å². The van der Waals surface area contributed by atoms with Gasteiger partial charge in [-0.1, -0.05) is 18.5 Å². The molecular weight excluding hydrogens is 312 g/mol. The van der Waals surface area contributed by atoms with Crippen LogP contribution in [-0.4, -0.2) is 51.5 Å². The van der Waals surface area contributed by atoms with Gasteiger partial charge in [0.1, 0.15) is 10.7 Å². The number of nitrogens with zero attached hydrogens (tertiary/aromatic N) is 2. The Kier molecular flexibility index (Phi) is 6.86. The van der Waals surface area contributed by atoms with E-state index in [1.54, 1.807) is 7.05 Å². The Hall–Kier alpha value is -0.890. The van der Waals surface area contributed by atoms with Gasteiger partial charge >= 0.3 is 0 Å². The van der Waals surface area contributed by atoms with Crippen molar-refractivity contribution >= 4 is 27.4 Å². The van der Waals surface area contributed by atoms with Crippen molar-refractivity contribution < 1.29 is 8.42 Å². The Morgan fingerprint density at radius 2 is 2.14 bits per heavy atom. The van der Waals surface area contributed by atoms with Crippen LogP contribution in [0.1, 0.15) is 20.3 Å². The van der Waals surface area contributed by atoms with Crippen molar-refractivity contribution in [2.45, 2.75) is 31.2 Å². The van der Waals surface area contributed by atoms with E-state index in [-0.39, 0.29) is 9.92 Å². The monoisotopic (exact) mass is 334 g/mol. The van der Waals surface area contributed by atoms with Crippen LogP contribution in [0.5, 0.6) is 0 Å². The molecule has 1 aromatic heterocycles. The lowest BCUT2D eigenvalue weighted by molar-refractivity contribution is 0.256. The fraction of sp³-hybridized carbons (Fsp3) is 0.615. The fourth-order valence-corrected chi connectivity index (χ4v) is 3.04. The van der Waals surface area contributed by atoms with E-state index in [1.807, 2.05) is 7.05 Å². The lowest BCUT2D eigenvalue weighted by atomic mass is 10.2. The van der Waals surface area contributed by atoms with Crippen LogP contribution in [0.25, 0.3) is 0 Å². The normalized spacial score (nSPS) is 13.4. The van der Waals surface area contributed by atoms with Crippen LogP contribution in [0.4, 0.5) is 5.82 Å². The molecule has 8 heteroatoms. The molecule has 1 rings (SSSR count). The van der Waals surface area contributed by atoms with Crippen molar-refractivity contribution in [3.8, 4) is 0 Å². The smallest absolute Gasteiger partial charge is 0.242 e. The highest BCUT2D eigenvalue weighted by Gasteiger charge is 2.16. The highest BCUT2D eigenvalue weighted by atomic mass is 35.5. The average molecular weight is 335 g/mol. The summed E-state index contributed by atoms with van der Waals surface area (Å²) in [7, 11) is 0.0596. The third kappa shape index (κ3) is 5.10. The second kappa shape index (κ2) is 7.93. The quantitative estimate of drug-likeness (QED) is 0.758. The predicted molar refractivity (Wildman–Crippen MR) is 86.4 cm³/mol. The van der Waals surface area contributed by atoms with Gasteiger partial charge in [-0.3, -0.25) is 0 Å². The standard InChI is InChI=1S/C13H23ClN4O2S/c1-5-10(2)18(4)7-6-17-21(19,20)11-8-12(14)13(15-3)16-9-11/h8-10,17H,5-7H2,1-4H3,(H,15,16). The Labute approximate surface area is 131 Å². The number of hydrogen-bond acceptors (Lipinski definition) is 5. The van der Waals surface area contributed by atoms with Gasteiger partial charge in [0.15, 0.2) is 0 Å². The van der Waals surface area contributed by atoms with Crippen LogP contribution in [-0.2, 0) is 10.0 Å². The van der Waals surface area contributed by atoms with E-state index in [9.17, 15) is 8.42 Å². The number of likely N-dealkylation sites (N-methyl/N-ethyl adjacent to an activating group) is 1. The van der Waals surface area contributed by atoms with Crippen molar-refractivity contribution in [1.82, 2.24) is 14.6 Å². The number of sulfonamides is 1.